The molecule has 1 unspecified atom stereocenters. The summed E-state index contributed by atoms with van der Waals surface area (Å²) >= 11 is 0. The number of aliphatic hydroxyl groups is 3. The van der Waals surface area contributed by atoms with Crippen molar-refractivity contribution in [2.75, 3.05) is 6.61 Å². The minimum Gasteiger partial charge on any atom is -0.454 e. The highest BCUT2D eigenvalue weighted by molar-refractivity contribution is 6.02. The summed E-state index contributed by atoms with van der Waals surface area (Å²) in [4.78, 5) is 83.6. The summed E-state index contributed by atoms with van der Waals surface area (Å²) in [5, 5.41) is 38.7. The molecule has 328 valence electrons. The Bertz CT molecular complexity index is 2150. The zero-order valence-electron chi connectivity index (χ0n) is 35.0. The second-order valence-electron chi connectivity index (χ2n) is 18.1. The van der Waals surface area contributed by atoms with Crippen molar-refractivity contribution >= 4 is 35.9 Å². The topological polar surface area (TPSA) is 240 Å². The smallest absolute Gasteiger partial charge is 0.454 e. The quantitative estimate of drug-likeness (QED) is 0.220. The van der Waals surface area contributed by atoms with Gasteiger partial charge in [-0.15, -0.1) is 0 Å². The van der Waals surface area contributed by atoms with Gasteiger partial charge < -0.3 is 53.8 Å². The van der Waals surface area contributed by atoms with Gasteiger partial charge in [0.2, 0.25) is 5.60 Å². The van der Waals surface area contributed by atoms with Crippen LogP contribution in [-0.4, -0.2) is 117 Å². The molecule has 2 bridgehead atoms. The number of Topliss-reactive ketones (excluding diaryl/α,β-unsaturated/α-hetero) is 1. The molecule has 2 aliphatic heterocycles. The lowest BCUT2D eigenvalue weighted by molar-refractivity contribution is -0.357. The van der Waals surface area contributed by atoms with Crippen LogP contribution in [0.5, 0.6) is 0 Å². The van der Waals surface area contributed by atoms with E-state index in [0.29, 0.717) is 0 Å². The Balaban J connectivity index is 1.42. The van der Waals surface area contributed by atoms with Crippen LogP contribution >= 0.6 is 0 Å². The first-order valence-corrected chi connectivity index (χ1v) is 20.0. The Labute approximate surface area is 351 Å². The van der Waals surface area contributed by atoms with Gasteiger partial charge in [-0.3, -0.25) is 9.59 Å². The van der Waals surface area contributed by atoms with E-state index in [2.05, 4.69) is 5.32 Å². The summed E-state index contributed by atoms with van der Waals surface area (Å²) < 4.78 is 42.0. The molecule has 2 aromatic rings. The molecule has 17 heteroatoms. The molecule has 2 saturated heterocycles. The van der Waals surface area contributed by atoms with Gasteiger partial charge in [-0.1, -0.05) is 69.3 Å². The van der Waals surface area contributed by atoms with Crippen LogP contribution in [0.2, 0.25) is 0 Å². The number of ketones is 1. The molecule has 5 aliphatic rings. The standard InChI is InChI=1S/C44H51NO16/c1-21-27-29(48)33(50)42(8)25(47)19-26-43(20-55-26,59-22(2)46)32(42)35(57-36(51)24-17-13-10-14-18-24)44(41(27,6)7)34(58-39(54)61-44)31(21)56-37(52)30(49)28(23-15-11-9-12-16-23)45-38(53)60-40(3,4)5/h9-18,25-26,28,30-35,47,49-50H,19-20H2,1-8H3,(H,45,53)/t25-,26+,28-,30+,31+,32-,33?,34-,35-,42+,43-,44+/m0/s1. The van der Waals surface area contributed by atoms with E-state index in [1.54, 1.807) is 69.3 Å². The average Bonchev–Trinajstić information content (AvgIpc) is 3.55. The molecule has 1 spiro atoms. The fourth-order valence-electron chi connectivity index (χ4n) is 10.3. The van der Waals surface area contributed by atoms with Crippen molar-refractivity contribution in [3.05, 3.63) is 82.9 Å². The zero-order chi connectivity index (χ0) is 44.6. The van der Waals surface area contributed by atoms with E-state index in [1.807, 2.05) is 0 Å². The molecule has 3 aliphatic carbocycles. The van der Waals surface area contributed by atoms with Crippen molar-refractivity contribution < 1.29 is 77.2 Å². The van der Waals surface area contributed by atoms with Crippen LogP contribution in [0, 0.1) is 16.7 Å². The number of carbonyl (C=O) groups is 6. The van der Waals surface area contributed by atoms with Gasteiger partial charge in [0, 0.05) is 29.7 Å². The van der Waals surface area contributed by atoms with Crippen molar-refractivity contribution in [1.82, 2.24) is 5.32 Å². The summed E-state index contributed by atoms with van der Waals surface area (Å²) in [5.41, 5.74) is -8.80. The molecule has 4 N–H and O–H groups in total. The summed E-state index contributed by atoms with van der Waals surface area (Å²) in [7, 11) is 0. The first kappa shape index (κ1) is 43.7. The number of amides is 1. The van der Waals surface area contributed by atoms with E-state index in [-0.39, 0.29) is 35.3 Å². The number of esters is 3. The highest BCUT2D eigenvalue weighted by Gasteiger charge is 2.83. The number of rotatable bonds is 8. The van der Waals surface area contributed by atoms with Crippen LogP contribution in [0.25, 0.3) is 0 Å². The van der Waals surface area contributed by atoms with Gasteiger partial charge in [-0.2, -0.15) is 0 Å². The molecule has 1 amide bonds. The van der Waals surface area contributed by atoms with Gasteiger partial charge in [0.15, 0.2) is 35.8 Å². The minimum atomic E-state index is -2.36. The summed E-state index contributed by atoms with van der Waals surface area (Å²) in [6, 6.07) is 14.3. The van der Waals surface area contributed by atoms with Crippen LogP contribution in [-0.2, 0) is 47.5 Å². The van der Waals surface area contributed by atoms with Gasteiger partial charge in [-0.25, -0.2) is 19.2 Å². The molecular weight excluding hydrogens is 798 g/mol. The molecule has 17 nitrogen and oxygen atoms in total. The SMILES string of the molecule is CC(=O)O[C@@]12CO[C@@H]1C[C@H](O)[C@@]1(C)C(O)C(=O)C3=C(C)[C@@H](OC(=O)[C@H](O)[C@@H](NC(=O)OC(C)(C)C)c4ccccc4)[C@@H]4OC(=O)O[C@]4([C@@H](OC(=O)c4ccccc4)[C@H]21)C3(C)C. The van der Waals surface area contributed by atoms with Gasteiger partial charge in [0.1, 0.15) is 17.8 Å². The number of nitrogens with one attached hydrogen (secondary N) is 1. The molecule has 4 fully saturated rings. The maximum atomic E-state index is 15.1. The highest BCUT2D eigenvalue weighted by atomic mass is 16.8. The second kappa shape index (κ2) is 15.2. The molecule has 0 radical (unpaired) electrons. The van der Waals surface area contributed by atoms with Crippen molar-refractivity contribution in [3.8, 4) is 0 Å². The van der Waals surface area contributed by atoms with Crippen LogP contribution < -0.4 is 5.32 Å². The maximum Gasteiger partial charge on any atom is 0.509 e. The number of fused-ring (bicyclic) bond motifs is 4. The van der Waals surface area contributed by atoms with Gasteiger partial charge in [-0.05, 0) is 51.0 Å². The van der Waals surface area contributed by atoms with Crippen LogP contribution in [0.4, 0.5) is 9.59 Å². The molecule has 0 aromatic heterocycles. The second-order valence-corrected chi connectivity index (χ2v) is 18.1. The molecule has 2 saturated carbocycles. The predicted octanol–water partition coefficient (Wildman–Crippen LogP) is 3.41. The zero-order valence-corrected chi connectivity index (χ0v) is 35.0. The molecule has 2 aromatic carbocycles. The van der Waals surface area contributed by atoms with Crippen molar-refractivity contribution in [3.63, 3.8) is 0 Å². The number of carbonyl (C=O) groups excluding carboxylic acids is 6. The number of aliphatic hydroxyl groups excluding tert-OH is 3. The first-order chi connectivity index (χ1) is 28.5. The number of ether oxygens (including phenoxy) is 7. The van der Waals surface area contributed by atoms with E-state index in [0.717, 1.165) is 6.92 Å². The largest absolute Gasteiger partial charge is 0.509 e. The third-order valence-electron chi connectivity index (χ3n) is 13.0. The fraction of sp³-hybridized carbons (Fsp3) is 0.545. The Morgan fingerprint density at radius 1 is 0.934 bits per heavy atom. The van der Waals surface area contributed by atoms with Crippen molar-refractivity contribution in [2.24, 2.45) is 16.7 Å². The van der Waals surface area contributed by atoms with Gasteiger partial charge >= 0.3 is 30.2 Å². The summed E-state index contributed by atoms with van der Waals surface area (Å²) in [5.74, 6) is -5.65. The van der Waals surface area contributed by atoms with E-state index < -0.39 is 118 Å². The number of alkyl carbamates (subject to hydrolysis) is 1. The van der Waals surface area contributed by atoms with E-state index >= 15 is 4.79 Å². The summed E-state index contributed by atoms with van der Waals surface area (Å²) in [6.45, 7) is 11.5. The number of hydrogen-bond acceptors (Lipinski definition) is 16. The van der Waals surface area contributed by atoms with Crippen LogP contribution in [0.1, 0.15) is 83.8 Å². The number of hydrogen-bond donors (Lipinski definition) is 4. The van der Waals surface area contributed by atoms with Crippen LogP contribution in [0.15, 0.2) is 71.8 Å². The van der Waals surface area contributed by atoms with E-state index in [1.165, 1.54) is 39.8 Å². The normalized spacial score (nSPS) is 34.5. The van der Waals surface area contributed by atoms with Crippen LogP contribution in [0.3, 0.4) is 0 Å². The Morgan fingerprint density at radius 3 is 2.13 bits per heavy atom. The molecular formula is C44H51NO16. The van der Waals surface area contributed by atoms with E-state index in [4.69, 9.17) is 33.2 Å². The van der Waals surface area contributed by atoms with Gasteiger partial charge in [0.25, 0.3) is 0 Å². The van der Waals surface area contributed by atoms with Gasteiger partial charge in [0.05, 0.1) is 30.2 Å². The fourth-order valence-corrected chi connectivity index (χ4v) is 10.3. The first-order valence-electron chi connectivity index (χ1n) is 20.0. The predicted molar refractivity (Wildman–Crippen MR) is 208 cm³/mol. The minimum absolute atomic E-state index is 0.0232. The van der Waals surface area contributed by atoms with Crippen molar-refractivity contribution in [1.29, 1.82) is 0 Å². The third kappa shape index (κ3) is 6.85. The Hall–Kier alpha value is -5.36. The monoisotopic (exact) mass is 849 g/mol. The van der Waals surface area contributed by atoms with E-state index in [9.17, 15) is 39.3 Å². The Morgan fingerprint density at radius 2 is 1.56 bits per heavy atom. The highest BCUT2D eigenvalue weighted by Crippen LogP contribution is 2.66. The summed E-state index contributed by atoms with van der Waals surface area (Å²) in [6.07, 6.45) is -14.8. The lowest BCUT2D eigenvalue weighted by atomic mass is 9.44. The Kier molecular flexibility index (Phi) is 10.9. The number of benzene rings is 2. The third-order valence-corrected chi connectivity index (χ3v) is 13.0. The molecule has 2 heterocycles. The maximum absolute atomic E-state index is 15.1. The van der Waals surface area contributed by atoms with Crippen molar-refractivity contribution in [2.45, 2.75) is 127 Å². The molecule has 7 rings (SSSR count). The lowest BCUT2D eigenvalue weighted by Crippen LogP contribution is -2.83. The molecule has 12 atom stereocenters. The molecule has 61 heavy (non-hydrogen) atoms. The lowest BCUT2D eigenvalue weighted by Gasteiger charge is -2.67. The average molecular weight is 850 g/mol.